The summed E-state index contributed by atoms with van der Waals surface area (Å²) in [6.07, 6.45) is 7.92. The van der Waals surface area contributed by atoms with Crippen LogP contribution >= 0.6 is 11.3 Å². The molecule has 0 bridgehead atoms. The van der Waals surface area contributed by atoms with E-state index in [1.54, 1.807) is 18.4 Å². The van der Waals surface area contributed by atoms with Crippen molar-refractivity contribution in [3.8, 4) is 23.1 Å². The maximum Gasteiger partial charge on any atom is 0.246 e. The number of amides is 2. The maximum absolute atomic E-state index is 14.2. The number of rotatable bonds is 7. The molecule has 2 N–H and O–H groups in total. The quantitative estimate of drug-likeness (QED) is 0.347. The van der Waals surface area contributed by atoms with E-state index in [9.17, 15) is 9.59 Å². The molecule has 1 aliphatic carbocycles. The topological polar surface area (TPSA) is 74.3 Å². The Kier molecular flexibility index (Phi) is 9.18. The number of hydrogen-bond donors (Lipinski definition) is 2. The van der Waals surface area contributed by atoms with Crippen molar-refractivity contribution in [1.82, 2.24) is 20.5 Å². The number of carbonyl (C=O) groups is 2. The van der Waals surface area contributed by atoms with Gasteiger partial charge >= 0.3 is 0 Å². The number of hydrogen-bond acceptors (Lipinski definition) is 5. The van der Waals surface area contributed by atoms with Gasteiger partial charge in [0.25, 0.3) is 0 Å². The van der Waals surface area contributed by atoms with Crippen molar-refractivity contribution in [2.24, 2.45) is 5.92 Å². The lowest BCUT2D eigenvalue weighted by atomic mass is 9.83. The van der Waals surface area contributed by atoms with E-state index in [1.165, 1.54) is 11.8 Å². The predicted octanol–water partition coefficient (Wildman–Crippen LogP) is 6.06. The first-order valence-electron chi connectivity index (χ1n) is 14.8. The molecule has 0 unspecified atom stereocenters. The minimum atomic E-state index is -0.499. The van der Waals surface area contributed by atoms with Crippen molar-refractivity contribution in [3.63, 3.8) is 0 Å². The summed E-state index contributed by atoms with van der Waals surface area (Å²) in [4.78, 5) is 35.3. The Labute approximate surface area is 241 Å². The second-order valence-corrected chi connectivity index (χ2v) is 12.0. The molecule has 1 saturated heterocycles. The van der Waals surface area contributed by atoms with E-state index in [2.05, 4.69) is 71.9 Å². The normalized spacial score (nSPS) is 19.2. The number of benzene rings is 2. The van der Waals surface area contributed by atoms with Gasteiger partial charge < -0.3 is 15.5 Å². The van der Waals surface area contributed by atoms with Gasteiger partial charge in [-0.25, -0.2) is 4.98 Å². The van der Waals surface area contributed by atoms with Crippen molar-refractivity contribution in [3.05, 3.63) is 52.3 Å². The Morgan fingerprint density at radius 3 is 2.62 bits per heavy atom. The van der Waals surface area contributed by atoms with E-state index in [0.717, 1.165) is 71.5 Å². The van der Waals surface area contributed by atoms with Crippen LogP contribution in [0.4, 0.5) is 0 Å². The fourth-order valence-corrected chi connectivity index (χ4v) is 7.17. The molecule has 40 heavy (non-hydrogen) atoms. The van der Waals surface area contributed by atoms with Gasteiger partial charge in [-0.1, -0.05) is 80.5 Å². The highest BCUT2D eigenvalue weighted by molar-refractivity contribution is 7.12. The van der Waals surface area contributed by atoms with Crippen LogP contribution in [0.25, 0.3) is 22.0 Å². The Balaban J connectivity index is 1.49. The second kappa shape index (κ2) is 13.0. The molecule has 2 aromatic carbocycles. The van der Waals surface area contributed by atoms with E-state index < -0.39 is 6.04 Å². The third kappa shape index (κ3) is 5.94. The van der Waals surface area contributed by atoms with Gasteiger partial charge in [0.15, 0.2) is 0 Å². The molecule has 2 heterocycles. The van der Waals surface area contributed by atoms with E-state index in [0.29, 0.717) is 6.54 Å². The van der Waals surface area contributed by atoms with Crippen LogP contribution in [0.5, 0.6) is 0 Å². The molecule has 210 valence electrons. The zero-order chi connectivity index (χ0) is 28.1. The SMILES string of the molecule is CCC#Cc1sc([C@@H]2CCCN2C(=O)[C@@H](NC(=O)[C@H](C)NC)C2CCCCC2)nc1-c1cccc2ccccc12. The summed E-state index contributed by atoms with van der Waals surface area (Å²) in [5.41, 5.74) is 1.97. The fraction of sp³-hybridized carbons (Fsp3) is 0.485. The molecule has 1 aliphatic heterocycles. The first-order chi connectivity index (χ1) is 19.5. The first kappa shape index (κ1) is 28.3. The predicted molar refractivity (Wildman–Crippen MR) is 163 cm³/mol. The number of carbonyl (C=O) groups excluding carboxylic acids is 2. The molecule has 7 heteroatoms. The number of aromatic nitrogens is 1. The Bertz CT molecular complexity index is 1410. The molecule has 0 spiro atoms. The molecule has 3 aromatic rings. The third-order valence-corrected chi connectivity index (χ3v) is 9.47. The Hall–Kier alpha value is -3.21. The second-order valence-electron chi connectivity index (χ2n) is 11.0. The Morgan fingerprint density at radius 1 is 1.07 bits per heavy atom. The molecule has 1 saturated carbocycles. The van der Waals surface area contributed by atoms with Crippen LogP contribution in [0.2, 0.25) is 0 Å². The molecule has 1 aromatic heterocycles. The lowest BCUT2D eigenvalue weighted by molar-refractivity contribution is -0.139. The van der Waals surface area contributed by atoms with E-state index >= 15 is 0 Å². The average molecular weight is 557 g/mol. The van der Waals surface area contributed by atoms with Gasteiger partial charge in [0, 0.05) is 18.5 Å². The summed E-state index contributed by atoms with van der Waals surface area (Å²) >= 11 is 1.62. The molecule has 0 radical (unpaired) electrons. The number of nitrogens with zero attached hydrogens (tertiary/aromatic N) is 2. The largest absolute Gasteiger partial charge is 0.343 e. The standard InChI is InChI=1S/C33H40N4O2S/c1-4-5-20-28-30(26-18-11-16-23-13-9-10-17-25(23)26)36-32(40-28)27-19-12-21-37(27)33(39)29(24-14-7-6-8-15-24)35-31(38)22(2)34-3/h9-11,13,16-18,22,24,27,29,34H,4,6-8,12,14-15,19,21H2,1-3H3,(H,35,38)/t22-,27-,29-/m0/s1. The first-order valence-corrected chi connectivity index (χ1v) is 15.6. The summed E-state index contributed by atoms with van der Waals surface area (Å²) in [5.74, 6) is 6.71. The van der Waals surface area contributed by atoms with Crippen molar-refractivity contribution in [2.45, 2.75) is 83.3 Å². The molecule has 2 fully saturated rings. The van der Waals surface area contributed by atoms with Crippen LogP contribution in [-0.4, -0.2) is 47.4 Å². The smallest absolute Gasteiger partial charge is 0.246 e. The molecule has 6 nitrogen and oxygen atoms in total. The number of likely N-dealkylation sites (N-methyl/N-ethyl adjacent to an activating group) is 1. The van der Waals surface area contributed by atoms with Crippen LogP contribution in [0.1, 0.15) is 81.1 Å². The zero-order valence-corrected chi connectivity index (χ0v) is 24.7. The lowest BCUT2D eigenvalue weighted by Gasteiger charge is -2.35. The van der Waals surface area contributed by atoms with Crippen LogP contribution in [-0.2, 0) is 9.59 Å². The highest BCUT2D eigenvalue weighted by Crippen LogP contribution is 2.40. The van der Waals surface area contributed by atoms with E-state index in [4.69, 9.17) is 4.98 Å². The van der Waals surface area contributed by atoms with Gasteiger partial charge in [-0.15, -0.1) is 11.3 Å². The molecular weight excluding hydrogens is 516 g/mol. The number of likely N-dealkylation sites (tertiary alicyclic amines) is 1. The number of thiazole rings is 1. The summed E-state index contributed by atoms with van der Waals surface area (Å²) in [6.45, 7) is 4.57. The van der Waals surface area contributed by atoms with Crippen molar-refractivity contribution in [2.75, 3.05) is 13.6 Å². The van der Waals surface area contributed by atoms with Gasteiger partial charge in [0.2, 0.25) is 11.8 Å². The van der Waals surface area contributed by atoms with E-state index in [-0.39, 0.29) is 29.8 Å². The number of nitrogens with one attached hydrogen (secondary N) is 2. The van der Waals surface area contributed by atoms with Crippen LogP contribution in [0.15, 0.2) is 42.5 Å². The summed E-state index contributed by atoms with van der Waals surface area (Å²) < 4.78 is 0. The highest BCUT2D eigenvalue weighted by atomic mass is 32.1. The van der Waals surface area contributed by atoms with Gasteiger partial charge in [-0.2, -0.15) is 0 Å². The molecule has 3 atom stereocenters. The van der Waals surface area contributed by atoms with Crippen LogP contribution in [0.3, 0.4) is 0 Å². The Morgan fingerprint density at radius 2 is 1.85 bits per heavy atom. The fourth-order valence-electron chi connectivity index (χ4n) is 6.07. The average Bonchev–Trinajstić information content (AvgIpc) is 3.65. The minimum absolute atomic E-state index is 0.0363. The van der Waals surface area contributed by atoms with Crippen molar-refractivity contribution >= 4 is 33.9 Å². The van der Waals surface area contributed by atoms with Crippen LogP contribution in [0, 0.1) is 17.8 Å². The van der Waals surface area contributed by atoms with Gasteiger partial charge in [0.1, 0.15) is 15.9 Å². The third-order valence-electron chi connectivity index (χ3n) is 8.40. The minimum Gasteiger partial charge on any atom is -0.343 e. The monoisotopic (exact) mass is 556 g/mol. The number of fused-ring (bicyclic) bond motifs is 1. The summed E-state index contributed by atoms with van der Waals surface area (Å²) in [7, 11) is 1.77. The maximum atomic E-state index is 14.2. The van der Waals surface area contributed by atoms with Gasteiger partial charge in [0.05, 0.1) is 17.8 Å². The molecule has 2 amide bonds. The highest BCUT2D eigenvalue weighted by Gasteiger charge is 2.40. The zero-order valence-electron chi connectivity index (χ0n) is 23.8. The lowest BCUT2D eigenvalue weighted by Crippen LogP contribution is -2.55. The van der Waals surface area contributed by atoms with E-state index in [1.807, 2.05) is 11.8 Å². The van der Waals surface area contributed by atoms with Crippen LogP contribution < -0.4 is 10.6 Å². The van der Waals surface area contributed by atoms with Crippen molar-refractivity contribution < 1.29 is 9.59 Å². The van der Waals surface area contributed by atoms with Gasteiger partial charge in [-0.3, -0.25) is 9.59 Å². The summed E-state index contributed by atoms with van der Waals surface area (Å²) in [5, 5.41) is 9.42. The molecule has 2 aliphatic rings. The summed E-state index contributed by atoms with van der Waals surface area (Å²) in [6, 6.07) is 13.7. The molecular formula is C33H40N4O2S. The van der Waals surface area contributed by atoms with Crippen molar-refractivity contribution in [1.29, 1.82) is 0 Å². The molecule has 5 rings (SSSR count). The van der Waals surface area contributed by atoms with Gasteiger partial charge in [-0.05, 0) is 56.3 Å².